The van der Waals surface area contributed by atoms with Gasteiger partial charge in [-0.25, -0.2) is 0 Å². The molecule has 1 aliphatic rings. The van der Waals surface area contributed by atoms with Gasteiger partial charge in [-0.1, -0.05) is 42.5 Å². The second-order valence-corrected chi connectivity index (χ2v) is 5.24. The summed E-state index contributed by atoms with van der Waals surface area (Å²) in [5.41, 5.74) is 5.20. The van der Waals surface area contributed by atoms with Gasteiger partial charge in [-0.05, 0) is 30.5 Å². The summed E-state index contributed by atoms with van der Waals surface area (Å²) in [6.45, 7) is 6.85. The minimum Gasteiger partial charge on any atom is -0.477 e. The molecule has 2 aromatic rings. The maximum absolute atomic E-state index is 5.95. The second-order valence-electron chi connectivity index (χ2n) is 5.24. The molecule has 2 heteroatoms. The van der Waals surface area contributed by atoms with Gasteiger partial charge in [0, 0.05) is 18.7 Å². The van der Waals surface area contributed by atoms with E-state index >= 15 is 0 Å². The first-order chi connectivity index (χ1) is 9.24. The van der Waals surface area contributed by atoms with Crippen molar-refractivity contribution in [2.45, 2.75) is 26.9 Å². The first-order valence-electron chi connectivity index (χ1n) is 6.72. The number of aryl methyl sites for hydroxylation is 1. The second kappa shape index (κ2) is 5.06. The molecule has 0 aliphatic carbocycles. The van der Waals surface area contributed by atoms with Gasteiger partial charge in [-0.2, -0.15) is 0 Å². The average molecular weight is 253 g/mol. The highest BCUT2D eigenvalue weighted by Gasteiger charge is 2.19. The van der Waals surface area contributed by atoms with E-state index in [-0.39, 0.29) is 0 Å². The molecular formula is C17H19NO. The fourth-order valence-corrected chi connectivity index (χ4v) is 2.56. The lowest BCUT2D eigenvalue weighted by Crippen LogP contribution is -2.31. The molecule has 0 aromatic heterocycles. The Bertz CT molecular complexity index is 577. The summed E-state index contributed by atoms with van der Waals surface area (Å²) in [5, 5.41) is 0. The average Bonchev–Trinajstić information content (AvgIpc) is 2.44. The van der Waals surface area contributed by atoms with Gasteiger partial charge in [0.2, 0.25) is 0 Å². The van der Waals surface area contributed by atoms with Gasteiger partial charge in [0.25, 0.3) is 0 Å². The van der Waals surface area contributed by atoms with Gasteiger partial charge in [0.1, 0.15) is 12.5 Å². The Balaban J connectivity index is 1.78. The molecule has 0 unspecified atom stereocenters. The van der Waals surface area contributed by atoms with E-state index in [2.05, 4.69) is 61.2 Å². The van der Waals surface area contributed by atoms with Crippen LogP contribution in [0.2, 0.25) is 0 Å². The topological polar surface area (TPSA) is 12.5 Å². The largest absolute Gasteiger partial charge is 0.477 e. The molecular weight excluding hydrogens is 234 g/mol. The predicted octanol–water partition coefficient (Wildman–Crippen LogP) is 3.66. The lowest BCUT2D eigenvalue weighted by molar-refractivity contribution is 0.0879. The normalized spacial score (nSPS) is 14.8. The molecule has 1 heterocycles. The molecule has 0 N–H and O–H groups in total. The Morgan fingerprint density at radius 3 is 2.63 bits per heavy atom. The number of rotatable bonds is 2. The summed E-state index contributed by atoms with van der Waals surface area (Å²) in [7, 11) is 0. The van der Waals surface area contributed by atoms with Crippen molar-refractivity contribution in [1.82, 2.24) is 4.90 Å². The van der Waals surface area contributed by atoms with Crippen LogP contribution < -0.4 is 4.74 Å². The van der Waals surface area contributed by atoms with E-state index < -0.39 is 0 Å². The summed E-state index contributed by atoms with van der Waals surface area (Å²) in [4.78, 5) is 2.33. The highest BCUT2D eigenvalue weighted by molar-refractivity contribution is 5.46. The van der Waals surface area contributed by atoms with Crippen LogP contribution in [0.1, 0.15) is 22.3 Å². The molecule has 2 aromatic carbocycles. The molecule has 1 aliphatic heterocycles. The van der Waals surface area contributed by atoms with Crippen molar-refractivity contribution in [2.24, 2.45) is 0 Å². The highest BCUT2D eigenvalue weighted by atomic mass is 16.5. The van der Waals surface area contributed by atoms with E-state index in [4.69, 9.17) is 4.74 Å². The summed E-state index contributed by atoms with van der Waals surface area (Å²) in [6.07, 6.45) is 0. The fraction of sp³-hybridized carbons (Fsp3) is 0.294. The van der Waals surface area contributed by atoms with Gasteiger partial charge in [0.15, 0.2) is 0 Å². The van der Waals surface area contributed by atoms with Crippen LogP contribution in [-0.4, -0.2) is 11.6 Å². The third-order valence-corrected chi connectivity index (χ3v) is 3.79. The van der Waals surface area contributed by atoms with E-state index in [1.54, 1.807) is 0 Å². The molecule has 3 rings (SSSR count). The van der Waals surface area contributed by atoms with Gasteiger partial charge < -0.3 is 4.74 Å². The Morgan fingerprint density at radius 1 is 1.05 bits per heavy atom. The molecule has 0 fully saturated rings. The van der Waals surface area contributed by atoms with Crippen LogP contribution in [0.5, 0.6) is 5.75 Å². The Kier molecular flexibility index (Phi) is 3.26. The minimum atomic E-state index is 0.673. The Labute approximate surface area is 114 Å². The molecule has 0 spiro atoms. The highest BCUT2D eigenvalue weighted by Crippen LogP contribution is 2.31. The van der Waals surface area contributed by atoms with Crippen LogP contribution in [0.4, 0.5) is 0 Å². The zero-order valence-corrected chi connectivity index (χ0v) is 11.5. The molecule has 0 amide bonds. The molecule has 0 saturated carbocycles. The van der Waals surface area contributed by atoms with Crippen LogP contribution in [0, 0.1) is 13.8 Å². The Morgan fingerprint density at radius 2 is 1.84 bits per heavy atom. The van der Waals surface area contributed by atoms with Crippen molar-refractivity contribution in [3.8, 4) is 5.75 Å². The van der Waals surface area contributed by atoms with Crippen molar-refractivity contribution in [1.29, 1.82) is 0 Å². The molecule has 19 heavy (non-hydrogen) atoms. The summed E-state index contributed by atoms with van der Waals surface area (Å²) in [5.74, 6) is 1.09. The number of fused-ring (bicyclic) bond motifs is 1. The maximum atomic E-state index is 5.95. The van der Waals surface area contributed by atoms with Crippen molar-refractivity contribution in [3.05, 3.63) is 64.7 Å². The van der Waals surface area contributed by atoms with E-state index in [9.17, 15) is 0 Å². The van der Waals surface area contributed by atoms with E-state index in [1.807, 2.05) is 0 Å². The van der Waals surface area contributed by atoms with E-state index in [1.165, 1.54) is 22.3 Å². The monoisotopic (exact) mass is 253 g/mol. The standard InChI is InChI=1S/C17H19NO/c1-13-8-9-16-11-18(12-19-17(16)14(13)2)10-15-6-4-3-5-7-15/h3-9H,10-12H2,1-2H3. The summed E-state index contributed by atoms with van der Waals surface area (Å²) >= 11 is 0. The number of hydrogen-bond acceptors (Lipinski definition) is 2. The van der Waals surface area contributed by atoms with Crippen LogP contribution in [0.3, 0.4) is 0 Å². The fourth-order valence-electron chi connectivity index (χ4n) is 2.56. The van der Waals surface area contributed by atoms with Crippen LogP contribution in [-0.2, 0) is 13.1 Å². The maximum Gasteiger partial charge on any atom is 0.142 e. The molecule has 0 radical (unpaired) electrons. The van der Waals surface area contributed by atoms with E-state index in [0.717, 1.165) is 18.8 Å². The number of benzene rings is 2. The number of hydrogen-bond donors (Lipinski definition) is 0. The molecule has 0 bridgehead atoms. The lowest BCUT2D eigenvalue weighted by atomic mass is 10.0. The minimum absolute atomic E-state index is 0.673. The van der Waals surface area contributed by atoms with Gasteiger partial charge in [0.05, 0.1) is 0 Å². The third-order valence-electron chi connectivity index (χ3n) is 3.79. The zero-order chi connectivity index (χ0) is 13.2. The number of nitrogens with zero attached hydrogens (tertiary/aromatic N) is 1. The van der Waals surface area contributed by atoms with E-state index in [0.29, 0.717) is 6.73 Å². The van der Waals surface area contributed by atoms with Gasteiger partial charge >= 0.3 is 0 Å². The van der Waals surface area contributed by atoms with Crippen LogP contribution in [0.25, 0.3) is 0 Å². The lowest BCUT2D eigenvalue weighted by Gasteiger charge is -2.30. The van der Waals surface area contributed by atoms with Crippen LogP contribution in [0.15, 0.2) is 42.5 Å². The predicted molar refractivity (Wildman–Crippen MR) is 77.1 cm³/mol. The van der Waals surface area contributed by atoms with Crippen molar-refractivity contribution >= 4 is 0 Å². The number of ether oxygens (including phenoxy) is 1. The first-order valence-corrected chi connectivity index (χ1v) is 6.72. The SMILES string of the molecule is Cc1ccc2c(c1C)OCN(Cc1ccccc1)C2. The van der Waals surface area contributed by atoms with Crippen molar-refractivity contribution in [2.75, 3.05) is 6.73 Å². The summed E-state index contributed by atoms with van der Waals surface area (Å²) in [6, 6.07) is 14.9. The zero-order valence-electron chi connectivity index (χ0n) is 11.5. The molecule has 0 atom stereocenters. The van der Waals surface area contributed by atoms with Crippen molar-refractivity contribution < 1.29 is 4.74 Å². The first kappa shape index (κ1) is 12.2. The smallest absolute Gasteiger partial charge is 0.142 e. The molecule has 0 saturated heterocycles. The van der Waals surface area contributed by atoms with Crippen molar-refractivity contribution in [3.63, 3.8) is 0 Å². The quantitative estimate of drug-likeness (QED) is 0.810. The van der Waals surface area contributed by atoms with Gasteiger partial charge in [-0.15, -0.1) is 0 Å². The van der Waals surface area contributed by atoms with Crippen LogP contribution >= 0.6 is 0 Å². The summed E-state index contributed by atoms with van der Waals surface area (Å²) < 4.78 is 5.95. The third kappa shape index (κ3) is 2.49. The van der Waals surface area contributed by atoms with Gasteiger partial charge in [-0.3, -0.25) is 4.90 Å². The Hall–Kier alpha value is -1.80. The molecule has 98 valence electrons. The molecule has 2 nitrogen and oxygen atoms in total.